The molecule has 2 N–H and O–H groups in total. The summed E-state index contributed by atoms with van der Waals surface area (Å²) >= 11 is 0. The van der Waals surface area contributed by atoms with E-state index in [0.717, 1.165) is 6.42 Å². The lowest BCUT2D eigenvalue weighted by atomic mass is 10.1. The van der Waals surface area contributed by atoms with Gasteiger partial charge in [-0.3, -0.25) is 4.84 Å². The second-order valence-corrected chi connectivity index (χ2v) is 3.66. The summed E-state index contributed by atoms with van der Waals surface area (Å²) in [5.74, 6) is 5.72. The summed E-state index contributed by atoms with van der Waals surface area (Å²) in [5.41, 5.74) is 0.173. The molecule has 0 fully saturated rings. The molecule has 0 aliphatic carbocycles. The Morgan fingerprint density at radius 3 is 2.47 bits per heavy atom. The smallest absolute Gasteiger partial charge is 0.264 e. The van der Waals surface area contributed by atoms with Crippen LogP contribution in [0.4, 0.5) is 8.78 Å². The summed E-state index contributed by atoms with van der Waals surface area (Å²) in [6.07, 6.45) is -1.88. The third-order valence-electron chi connectivity index (χ3n) is 2.48. The fourth-order valence-corrected chi connectivity index (χ4v) is 1.68. The molecule has 0 radical (unpaired) electrons. The van der Waals surface area contributed by atoms with Crippen LogP contribution >= 0.6 is 0 Å². The number of hydrogen-bond acceptors (Lipinski definition) is 4. The molecule has 6 heteroatoms. The van der Waals surface area contributed by atoms with Crippen molar-refractivity contribution in [2.24, 2.45) is 5.90 Å². The highest BCUT2D eigenvalue weighted by atomic mass is 19.3. The predicted octanol–water partition coefficient (Wildman–Crippen LogP) is 2.18. The van der Waals surface area contributed by atoms with Crippen molar-refractivity contribution in [3.8, 4) is 11.5 Å². The summed E-state index contributed by atoms with van der Waals surface area (Å²) in [5, 5.41) is 0. The lowest BCUT2D eigenvalue weighted by Crippen LogP contribution is -2.04. The van der Waals surface area contributed by atoms with Crippen molar-refractivity contribution < 1.29 is 23.1 Å². The number of hydrogen-bond donors (Lipinski definition) is 1. The van der Waals surface area contributed by atoms with Gasteiger partial charge in [0.1, 0.15) is 0 Å². The highest BCUT2D eigenvalue weighted by molar-refractivity contribution is 5.48. The molecular formula is C11H13F2NO3. The minimum absolute atomic E-state index is 0.0870. The molecule has 1 aliphatic rings. The van der Waals surface area contributed by atoms with Crippen LogP contribution in [0.2, 0.25) is 0 Å². The number of fused-ring (bicyclic) bond motifs is 1. The van der Waals surface area contributed by atoms with Gasteiger partial charge in [-0.25, -0.2) is 14.7 Å². The quantitative estimate of drug-likeness (QED) is 0.829. The molecule has 0 atom stereocenters. The molecule has 94 valence electrons. The van der Waals surface area contributed by atoms with Gasteiger partial charge in [0.25, 0.3) is 6.43 Å². The van der Waals surface area contributed by atoms with Gasteiger partial charge in [-0.1, -0.05) is 0 Å². The molecule has 0 spiro atoms. The van der Waals surface area contributed by atoms with Gasteiger partial charge >= 0.3 is 0 Å². The maximum absolute atomic E-state index is 12.8. The molecule has 4 nitrogen and oxygen atoms in total. The van der Waals surface area contributed by atoms with Crippen molar-refractivity contribution in [3.63, 3.8) is 0 Å². The van der Waals surface area contributed by atoms with E-state index in [-0.39, 0.29) is 12.2 Å². The van der Waals surface area contributed by atoms with Gasteiger partial charge in [0, 0.05) is 12.0 Å². The normalized spacial score (nSPS) is 14.8. The summed E-state index contributed by atoms with van der Waals surface area (Å²) in [6.45, 7) is 0.878. The van der Waals surface area contributed by atoms with Gasteiger partial charge in [-0.05, 0) is 17.7 Å². The highest BCUT2D eigenvalue weighted by Gasteiger charge is 2.19. The van der Waals surface area contributed by atoms with Crippen molar-refractivity contribution in [1.29, 1.82) is 0 Å². The number of alkyl halides is 2. The fourth-order valence-electron chi connectivity index (χ4n) is 1.68. The molecule has 17 heavy (non-hydrogen) atoms. The summed E-state index contributed by atoms with van der Waals surface area (Å²) in [7, 11) is 0. The Balaban J connectivity index is 2.41. The van der Waals surface area contributed by atoms with Gasteiger partial charge < -0.3 is 9.47 Å². The molecule has 2 rings (SSSR count). The van der Waals surface area contributed by atoms with Crippen LogP contribution in [0.5, 0.6) is 11.5 Å². The lowest BCUT2D eigenvalue weighted by Gasteiger charge is -2.13. The first-order valence-electron chi connectivity index (χ1n) is 5.24. The first kappa shape index (κ1) is 12.1. The average Bonchev–Trinajstić information content (AvgIpc) is 2.52. The number of halogens is 2. The lowest BCUT2D eigenvalue weighted by molar-refractivity contribution is 0.113. The van der Waals surface area contributed by atoms with E-state index in [1.165, 1.54) is 12.1 Å². The van der Waals surface area contributed by atoms with Crippen molar-refractivity contribution in [3.05, 3.63) is 23.3 Å². The summed E-state index contributed by atoms with van der Waals surface area (Å²) < 4.78 is 36.4. The molecule has 0 saturated heterocycles. The summed E-state index contributed by atoms with van der Waals surface area (Å²) in [4.78, 5) is 4.41. The van der Waals surface area contributed by atoms with Crippen LogP contribution < -0.4 is 15.4 Å². The van der Waals surface area contributed by atoms with E-state index in [1.54, 1.807) is 0 Å². The second kappa shape index (κ2) is 5.29. The average molecular weight is 245 g/mol. The Morgan fingerprint density at radius 1 is 1.24 bits per heavy atom. The molecule has 0 bridgehead atoms. The van der Waals surface area contributed by atoms with E-state index in [2.05, 4.69) is 4.84 Å². The van der Waals surface area contributed by atoms with Crippen LogP contribution in [-0.2, 0) is 11.4 Å². The van der Waals surface area contributed by atoms with Gasteiger partial charge in [0.2, 0.25) is 0 Å². The number of nitrogens with two attached hydrogens (primary N) is 1. The number of rotatable bonds is 3. The monoisotopic (exact) mass is 245 g/mol. The van der Waals surface area contributed by atoms with E-state index in [4.69, 9.17) is 15.4 Å². The van der Waals surface area contributed by atoms with Gasteiger partial charge in [-0.15, -0.1) is 0 Å². The highest BCUT2D eigenvalue weighted by Crippen LogP contribution is 2.36. The third-order valence-corrected chi connectivity index (χ3v) is 2.48. The second-order valence-electron chi connectivity index (χ2n) is 3.66. The van der Waals surface area contributed by atoms with E-state index < -0.39 is 6.43 Å². The Morgan fingerprint density at radius 2 is 1.88 bits per heavy atom. The maximum atomic E-state index is 12.8. The topological polar surface area (TPSA) is 53.7 Å². The summed E-state index contributed by atoms with van der Waals surface area (Å²) in [6, 6.07) is 2.79. The van der Waals surface area contributed by atoms with E-state index in [0.29, 0.717) is 30.3 Å². The van der Waals surface area contributed by atoms with Gasteiger partial charge in [0.15, 0.2) is 11.5 Å². The van der Waals surface area contributed by atoms with Crippen LogP contribution in [0.15, 0.2) is 12.1 Å². The molecule has 0 amide bonds. The maximum Gasteiger partial charge on any atom is 0.264 e. The molecule has 0 saturated carbocycles. The first-order valence-corrected chi connectivity index (χ1v) is 5.24. The molecule has 1 aliphatic heterocycles. The molecule has 0 unspecified atom stereocenters. The van der Waals surface area contributed by atoms with Crippen LogP contribution in [0, 0.1) is 0 Å². The third kappa shape index (κ3) is 2.65. The van der Waals surface area contributed by atoms with E-state index >= 15 is 0 Å². The van der Waals surface area contributed by atoms with Crippen molar-refractivity contribution in [2.45, 2.75) is 19.5 Å². The van der Waals surface area contributed by atoms with Crippen LogP contribution in [-0.4, -0.2) is 13.2 Å². The van der Waals surface area contributed by atoms with E-state index in [1.807, 2.05) is 0 Å². The Hall–Kier alpha value is -1.40. The van der Waals surface area contributed by atoms with Crippen LogP contribution in [0.25, 0.3) is 0 Å². The number of ether oxygens (including phenoxy) is 2. The minimum atomic E-state index is -2.60. The fraction of sp³-hybridized carbons (Fsp3) is 0.455. The Labute approximate surface area is 97.2 Å². The number of benzene rings is 1. The zero-order chi connectivity index (χ0) is 12.3. The molecule has 1 aromatic carbocycles. The Bertz CT molecular complexity index is 399. The molecule has 1 aromatic rings. The zero-order valence-electron chi connectivity index (χ0n) is 9.12. The van der Waals surface area contributed by atoms with Crippen LogP contribution in [0.1, 0.15) is 24.0 Å². The van der Waals surface area contributed by atoms with Gasteiger partial charge in [0.05, 0.1) is 19.8 Å². The van der Waals surface area contributed by atoms with Crippen LogP contribution in [0.3, 0.4) is 0 Å². The Kier molecular flexibility index (Phi) is 3.75. The van der Waals surface area contributed by atoms with Crippen molar-refractivity contribution in [1.82, 2.24) is 0 Å². The van der Waals surface area contributed by atoms with E-state index in [9.17, 15) is 8.78 Å². The first-order chi connectivity index (χ1) is 8.22. The minimum Gasteiger partial charge on any atom is -0.490 e. The van der Waals surface area contributed by atoms with Crippen molar-refractivity contribution in [2.75, 3.05) is 13.2 Å². The van der Waals surface area contributed by atoms with Crippen molar-refractivity contribution >= 4 is 0 Å². The molecular weight excluding hydrogens is 232 g/mol. The zero-order valence-corrected chi connectivity index (χ0v) is 9.12. The molecule has 1 heterocycles. The van der Waals surface area contributed by atoms with Gasteiger partial charge in [-0.2, -0.15) is 0 Å². The standard InChI is InChI=1S/C11H13F2NO3/c12-11(13)8-5-10-9(4-7(8)6-17-14)15-2-1-3-16-10/h4-5,11H,1-3,6,14H2. The SMILES string of the molecule is NOCc1cc2c(cc1C(F)F)OCCCO2. The largest absolute Gasteiger partial charge is 0.490 e. The molecule has 0 aromatic heterocycles. The predicted molar refractivity (Wildman–Crippen MR) is 56.0 cm³/mol.